The van der Waals surface area contributed by atoms with E-state index >= 15 is 0 Å². The molecule has 19 heavy (non-hydrogen) atoms. The maximum absolute atomic E-state index is 12.1. The van der Waals surface area contributed by atoms with Crippen molar-refractivity contribution in [3.63, 3.8) is 0 Å². The first-order valence-corrected chi connectivity index (χ1v) is 6.23. The van der Waals surface area contributed by atoms with E-state index in [0.29, 0.717) is 16.9 Å². The third-order valence-corrected chi connectivity index (χ3v) is 2.96. The lowest BCUT2D eigenvalue weighted by molar-refractivity contribution is 0.0935. The summed E-state index contributed by atoms with van der Waals surface area (Å²) in [6, 6.07) is 10.3. The number of amides is 1. The second-order valence-corrected chi connectivity index (χ2v) is 4.60. The third-order valence-electron chi connectivity index (χ3n) is 2.73. The molecule has 1 amide bonds. The van der Waals surface area contributed by atoms with Gasteiger partial charge >= 0.3 is 0 Å². The van der Waals surface area contributed by atoms with Crippen molar-refractivity contribution in [3.8, 4) is 0 Å². The predicted molar refractivity (Wildman–Crippen MR) is 76.9 cm³/mol. The minimum Gasteiger partial charge on any atom is -0.467 e. The average molecular weight is 274 g/mol. The summed E-state index contributed by atoms with van der Waals surface area (Å²) < 4.78 is 5.24. The Labute approximate surface area is 116 Å². The van der Waals surface area contributed by atoms with Crippen LogP contribution in [0.3, 0.4) is 0 Å². The first kappa shape index (κ1) is 13.3. The highest BCUT2D eigenvalue weighted by atomic mass is 32.1. The molecule has 1 aromatic carbocycles. The molecule has 0 aliphatic heterocycles. The number of furan rings is 1. The van der Waals surface area contributed by atoms with Gasteiger partial charge in [0.2, 0.25) is 0 Å². The van der Waals surface area contributed by atoms with Crippen molar-refractivity contribution in [1.82, 2.24) is 5.32 Å². The van der Waals surface area contributed by atoms with Crippen molar-refractivity contribution in [2.45, 2.75) is 13.0 Å². The van der Waals surface area contributed by atoms with E-state index in [2.05, 4.69) is 5.32 Å². The molecule has 0 aliphatic rings. The van der Waals surface area contributed by atoms with Crippen LogP contribution in [-0.2, 0) is 0 Å². The highest BCUT2D eigenvalue weighted by Crippen LogP contribution is 2.13. The van der Waals surface area contributed by atoms with Crippen LogP contribution in [0.25, 0.3) is 0 Å². The average Bonchev–Trinajstić information content (AvgIpc) is 2.92. The van der Waals surface area contributed by atoms with E-state index in [1.54, 1.807) is 36.6 Å². The molecule has 0 spiro atoms. The van der Waals surface area contributed by atoms with Crippen LogP contribution in [0.5, 0.6) is 0 Å². The Kier molecular flexibility index (Phi) is 3.97. The van der Waals surface area contributed by atoms with E-state index in [9.17, 15) is 4.79 Å². The zero-order valence-corrected chi connectivity index (χ0v) is 11.2. The van der Waals surface area contributed by atoms with Gasteiger partial charge in [-0.15, -0.1) is 0 Å². The zero-order chi connectivity index (χ0) is 13.8. The van der Waals surface area contributed by atoms with Crippen LogP contribution < -0.4 is 11.1 Å². The van der Waals surface area contributed by atoms with Gasteiger partial charge in [-0.3, -0.25) is 4.79 Å². The van der Waals surface area contributed by atoms with Crippen LogP contribution in [0.1, 0.15) is 34.6 Å². The smallest absolute Gasteiger partial charge is 0.251 e. The number of hydrogen-bond donors (Lipinski definition) is 2. The molecule has 0 fully saturated rings. The largest absolute Gasteiger partial charge is 0.467 e. The summed E-state index contributed by atoms with van der Waals surface area (Å²) in [4.78, 5) is 12.4. The molecule has 2 rings (SSSR count). The Morgan fingerprint density at radius 2 is 2.05 bits per heavy atom. The summed E-state index contributed by atoms with van der Waals surface area (Å²) in [6.07, 6.45) is 1.57. The zero-order valence-electron chi connectivity index (χ0n) is 10.4. The Morgan fingerprint density at radius 3 is 2.68 bits per heavy atom. The summed E-state index contributed by atoms with van der Waals surface area (Å²) >= 11 is 4.89. The molecule has 2 aromatic rings. The molecule has 0 saturated carbocycles. The Hall–Kier alpha value is -2.14. The molecule has 3 N–H and O–H groups in total. The second kappa shape index (κ2) is 5.67. The van der Waals surface area contributed by atoms with E-state index in [1.807, 2.05) is 13.0 Å². The van der Waals surface area contributed by atoms with Crippen LogP contribution in [-0.4, -0.2) is 10.9 Å². The molecule has 1 aromatic heterocycles. The fourth-order valence-electron chi connectivity index (χ4n) is 1.70. The minimum atomic E-state index is -0.198. The maximum atomic E-state index is 12.1. The van der Waals surface area contributed by atoms with E-state index in [4.69, 9.17) is 22.4 Å². The molecule has 0 aliphatic carbocycles. The molecule has 0 saturated heterocycles. The molecular formula is C14H14N2O2S. The van der Waals surface area contributed by atoms with Crippen LogP contribution in [0, 0.1) is 0 Å². The van der Waals surface area contributed by atoms with Gasteiger partial charge in [0.1, 0.15) is 10.7 Å². The van der Waals surface area contributed by atoms with Crippen molar-refractivity contribution < 1.29 is 9.21 Å². The van der Waals surface area contributed by atoms with Crippen LogP contribution in [0.15, 0.2) is 47.1 Å². The van der Waals surface area contributed by atoms with E-state index < -0.39 is 0 Å². The van der Waals surface area contributed by atoms with Gasteiger partial charge in [-0.2, -0.15) is 0 Å². The molecule has 5 heteroatoms. The number of benzene rings is 1. The number of thiocarbonyl (C=S) groups is 1. The van der Waals surface area contributed by atoms with E-state index in [1.165, 1.54) is 0 Å². The normalized spacial score (nSPS) is 11.8. The molecule has 0 bridgehead atoms. The predicted octanol–water partition coefficient (Wildman–Crippen LogP) is 2.40. The Bertz CT molecular complexity index is 593. The summed E-state index contributed by atoms with van der Waals surface area (Å²) in [7, 11) is 0. The van der Waals surface area contributed by atoms with Gasteiger partial charge in [-0.1, -0.05) is 24.4 Å². The van der Waals surface area contributed by atoms with Crippen molar-refractivity contribution in [2.75, 3.05) is 0 Å². The number of nitrogens with one attached hydrogen (secondary N) is 1. The van der Waals surface area contributed by atoms with Gasteiger partial charge in [-0.25, -0.2) is 0 Å². The first-order valence-electron chi connectivity index (χ1n) is 5.82. The number of carbonyl (C=O) groups excluding carboxylic acids is 1. The molecule has 1 atom stereocenters. The van der Waals surface area contributed by atoms with E-state index in [-0.39, 0.29) is 16.9 Å². The molecular weight excluding hydrogens is 260 g/mol. The minimum absolute atomic E-state index is 0.193. The van der Waals surface area contributed by atoms with Gasteiger partial charge in [0.15, 0.2) is 0 Å². The highest BCUT2D eigenvalue weighted by Gasteiger charge is 2.13. The van der Waals surface area contributed by atoms with Gasteiger partial charge in [0.25, 0.3) is 5.91 Å². The number of carbonyl (C=O) groups is 1. The Balaban J connectivity index is 2.12. The van der Waals surface area contributed by atoms with Crippen molar-refractivity contribution in [1.29, 1.82) is 0 Å². The number of nitrogens with two attached hydrogens (primary N) is 1. The lowest BCUT2D eigenvalue weighted by Gasteiger charge is -2.11. The van der Waals surface area contributed by atoms with Crippen molar-refractivity contribution in [2.24, 2.45) is 5.73 Å². The second-order valence-electron chi connectivity index (χ2n) is 4.16. The third kappa shape index (κ3) is 3.20. The fraction of sp³-hybridized carbons (Fsp3) is 0.143. The highest BCUT2D eigenvalue weighted by molar-refractivity contribution is 7.80. The lowest BCUT2D eigenvalue weighted by atomic mass is 10.1. The molecule has 1 unspecified atom stereocenters. The van der Waals surface area contributed by atoms with Crippen LogP contribution in [0.2, 0.25) is 0 Å². The summed E-state index contributed by atoms with van der Waals surface area (Å²) in [6.45, 7) is 1.86. The molecule has 0 radical (unpaired) electrons. The van der Waals surface area contributed by atoms with Gasteiger partial charge < -0.3 is 15.5 Å². The van der Waals surface area contributed by atoms with Gasteiger partial charge in [-0.05, 0) is 31.2 Å². The monoisotopic (exact) mass is 274 g/mol. The molecule has 4 nitrogen and oxygen atoms in total. The molecule has 98 valence electrons. The summed E-state index contributed by atoms with van der Waals surface area (Å²) in [5, 5.41) is 2.85. The molecule has 1 heterocycles. The van der Waals surface area contributed by atoms with Crippen LogP contribution >= 0.6 is 12.2 Å². The van der Waals surface area contributed by atoms with Gasteiger partial charge in [0, 0.05) is 11.1 Å². The van der Waals surface area contributed by atoms with Crippen molar-refractivity contribution >= 4 is 23.1 Å². The maximum Gasteiger partial charge on any atom is 0.251 e. The fourth-order valence-corrected chi connectivity index (χ4v) is 1.83. The summed E-state index contributed by atoms with van der Waals surface area (Å²) in [5.41, 5.74) is 6.74. The number of rotatable bonds is 4. The van der Waals surface area contributed by atoms with Gasteiger partial charge in [0.05, 0.1) is 12.3 Å². The first-order chi connectivity index (χ1) is 9.08. The Morgan fingerprint density at radius 1 is 1.32 bits per heavy atom. The van der Waals surface area contributed by atoms with E-state index in [0.717, 1.165) is 0 Å². The van der Waals surface area contributed by atoms with Crippen molar-refractivity contribution in [3.05, 3.63) is 59.5 Å². The SMILES string of the molecule is CC(NC(=O)c1cccc(C(N)=S)c1)c1ccco1. The number of hydrogen-bond acceptors (Lipinski definition) is 3. The topological polar surface area (TPSA) is 68.3 Å². The lowest BCUT2D eigenvalue weighted by Crippen LogP contribution is -2.26. The van der Waals surface area contributed by atoms with Crippen LogP contribution in [0.4, 0.5) is 0 Å². The standard InChI is InChI=1S/C14H14N2O2S/c1-9(12-6-3-7-18-12)16-14(17)11-5-2-4-10(8-11)13(15)19/h2-9H,1H3,(H2,15,19)(H,16,17). The quantitative estimate of drug-likeness (QED) is 0.840. The summed E-state index contributed by atoms with van der Waals surface area (Å²) in [5.74, 6) is 0.515.